The van der Waals surface area contributed by atoms with Crippen LogP contribution in [0.5, 0.6) is 0 Å². The van der Waals surface area contributed by atoms with Gasteiger partial charge < -0.3 is 5.32 Å². The number of hydrogen-bond donors (Lipinski definition) is 1. The summed E-state index contributed by atoms with van der Waals surface area (Å²) in [6.07, 6.45) is 20.7. The van der Waals surface area contributed by atoms with Crippen molar-refractivity contribution in [2.75, 3.05) is 13.1 Å². The van der Waals surface area contributed by atoms with E-state index in [9.17, 15) is 0 Å². The maximum absolute atomic E-state index is 5.18. The van der Waals surface area contributed by atoms with Gasteiger partial charge in [0.15, 0.2) is 0 Å². The highest BCUT2D eigenvalue weighted by Crippen LogP contribution is 2.62. The molecule has 0 saturated heterocycles. The minimum Gasteiger partial charge on any atom is -0.325 e. The van der Waals surface area contributed by atoms with E-state index in [1.807, 2.05) is 0 Å². The molecule has 0 aromatic heterocycles. The predicted molar refractivity (Wildman–Crippen MR) is 143 cm³/mol. The Kier molecular flexibility index (Phi) is 4.86. The second-order valence-electron chi connectivity index (χ2n) is 14.5. The molecule has 1 N–H and O–H groups in total. The van der Waals surface area contributed by atoms with Crippen LogP contribution in [0.2, 0.25) is 0 Å². The topological polar surface area (TPSA) is 36.8 Å². The molecule has 1 aliphatic heterocycles. The Morgan fingerprint density at radius 3 is 1.26 bits per heavy atom. The average molecular weight is 470 g/mol. The second kappa shape index (κ2) is 7.93. The van der Waals surface area contributed by atoms with Crippen LogP contribution in [-0.4, -0.2) is 24.8 Å². The van der Waals surface area contributed by atoms with E-state index in [0.717, 1.165) is 60.3 Å². The number of hydrogen-bond acceptors (Lipinski definition) is 2. The third-order valence-electron chi connectivity index (χ3n) is 11.8. The monoisotopic (exact) mass is 469 g/mol. The molecule has 0 spiro atoms. The third kappa shape index (κ3) is 3.74. The Labute approximate surface area is 211 Å². The number of fused-ring (bicyclic) bond motifs is 1. The number of nitrogens with one attached hydrogen (secondary N) is 1. The van der Waals surface area contributed by atoms with Crippen molar-refractivity contribution in [3.8, 4) is 0 Å². The predicted octanol–water partition coefficient (Wildman–Crippen LogP) is 7.00. The highest BCUT2D eigenvalue weighted by atomic mass is 15.1. The van der Waals surface area contributed by atoms with Gasteiger partial charge >= 0.3 is 0 Å². The summed E-state index contributed by atoms with van der Waals surface area (Å²) in [5, 5.41) is 3.67. The summed E-state index contributed by atoms with van der Waals surface area (Å²) < 4.78 is 0. The Hall–Kier alpha value is -1.64. The van der Waals surface area contributed by atoms with Crippen LogP contribution in [-0.2, 0) is 0 Å². The van der Waals surface area contributed by atoms with E-state index >= 15 is 0 Å². The Morgan fingerprint density at radius 2 is 0.914 bits per heavy atom. The van der Waals surface area contributed by atoms with E-state index in [0.29, 0.717) is 10.8 Å². The van der Waals surface area contributed by atoms with E-state index in [1.54, 1.807) is 0 Å². The summed E-state index contributed by atoms with van der Waals surface area (Å²) in [7, 11) is 0. The molecule has 1 aromatic rings. The lowest BCUT2D eigenvalue weighted by molar-refractivity contribution is -0.0558. The van der Waals surface area contributed by atoms with Gasteiger partial charge in [0.2, 0.25) is 0 Å². The summed E-state index contributed by atoms with van der Waals surface area (Å²) in [5.74, 6) is 8.37. The second-order valence-corrected chi connectivity index (χ2v) is 14.5. The minimum absolute atomic E-state index is 0.617. The van der Waals surface area contributed by atoms with Crippen LogP contribution in [0, 0.1) is 46.3 Å². The van der Waals surface area contributed by atoms with Crippen molar-refractivity contribution in [3.05, 3.63) is 35.4 Å². The van der Waals surface area contributed by atoms with Crippen LogP contribution in [0.4, 0.5) is 0 Å². The van der Waals surface area contributed by atoms with Crippen molar-refractivity contribution in [3.63, 3.8) is 0 Å². The molecule has 3 heteroatoms. The molecule has 10 rings (SSSR count). The Bertz CT molecular complexity index is 911. The molecule has 8 bridgehead atoms. The Balaban J connectivity index is 0.954. The van der Waals surface area contributed by atoms with Crippen LogP contribution in [0.1, 0.15) is 101 Å². The summed E-state index contributed by atoms with van der Waals surface area (Å²) in [6.45, 7) is 1.95. The van der Waals surface area contributed by atoms with Gasteiger partial charge in [-0.1, -0.05) is 24.3 Å². The van der Waals surface area contributed by atoms with Gasteiger partial charge in [0, 0.05) is 24.2 Å². The smallest absolute Gasteiger partial charge is 0.134 e. The van der Waals surface area contributed by atoms with Crippen LogP contribution in [0.25, 0.3) is 0 Å². The number of aliphatic imine (C=N–C) groups is 2. The zero-order valence-corrected chi connectivity index (χ0v) is 21.5. The van der Waals surface area contributed by atoms with Crippen LogP contribution >= 0.6 is 0 Å². The SMILES string of the molecule is c1ccc2c(c1)C(=NCCC13CC4CC(CC(C4)C1)C3)NC2=NCCC12CC3CC(CC(C3)C1)C2. The van der Waals surface area contributed by atoms with E-state index in [4.69, 9.17) is 9.98 Å². The van der Waals surface area contributed by atoms with Crippen molar-refractivity contribution in [1.29, 1.82) is 0 Å². The highest BCUT2D eigenvalue weighted by molar-refractivity contribution is 6.25. The third-order valence-corrected chi connectivity index (χ3v) is 11.8. The minimum atomic E-state index is 0.617. The molecule has 35 heavy (non-hydrogen) atoms. The molecule has 1 aromatic carbocycles. The van der Waals surface area contributed by atoms with Gasteiger partial charge in [-0.2, -0.15) is 0 Å². The molecular weight excluding hydrogens is 426 g/mol. The standard InChI is InChI=1S/C32H43N3/c1-2-4-28-27(3-1)29(33-7-5-31-15-21-9-22(16-31)11-23(10-21)17-31)35-30(28)34-8-6-32-18-24-12-25(19-32)14-26(13-24)20-32/h1-4,21-26H,5-20H2,(H,33,34,35). The largest absolute Gasteiger partial charge is 0.325 e. The van der Waals surface area contributed by atoms with Gasteiger partial charge in [0.1, 0.15) is 11.7 Å². The maximum Gasteiger partial charge on any atom is 0.134 e. The lowest BCUT2D eigenvalue weighted by Crippen LogP contribution is -2.46. The molecule has 0 amide bonds. The van der Waals surface area contributed by atoms with Crippen molar-refractivity contribution in [2.45, 2.75) is 89.9 Å². The first-order valence-electron chi connectivity index (χ1n) is 15.1. The molecule has 0 atom stereocenters. The van der Waals surface area contributed by atoms with Crippen molar-refractivity contribution in [1.82, 2.24) is 5.32 Å². The fourth-order valence-electron chi connectivity index (χ4n) is 11.4. The van der Waals surface area contributed by atoms with Crippen LogP contribution in [0.15, 0.2) is 34.3 Å². The molecule has 8 fully saturated rings. The first kappa shape index (κ1) is 21.4. The first-order valence-corrected chi connectivity index (χ1v) is 15.1. The highest BCUT2D eigenvalue weighted by Gasteiger charge is 2.51. The average Bonchev–Trinajstić information content (AvgIpc) is 3.15. The van der Waals surface area contributed by atoms with Crippen molar-refractivity contribution < 1.29 is 0 Å². The number of nitrogens with zero attached hydrogens (tertiary/aromatic N) is 2. The van der Waals surface area contributed by atoms with Gasteiger partial charge in [-0.05, 0) is 136 Å². The molecule has 1 heterocycles. The van der Waals surface area contributed by atoms with E-state index in [2.05, 4.69) is 29.6 Å². The van der Waals surface area contributed by atoms with E-state index in [-0.39, 0.29) is 0 Å². The lowest BCUT2D eigenvalue weighted by atomic mass is 9.49. The van der Waals surface area contributed by atoms with Crippen molar-refractivity contribution >= 4 is 11.7 Å². The van der Waals surface area contributed by atoms with E-state index in [1.165, 1.54) is 101 Å². The van der Waals surface area contributed by atoms with Gasteiger partial charge in [0.05, 0.1) is 0 Å². The molecule has 9 aliphatic rings. The molecule has 8 saturated carbocycles. The summed E-state index contributed by atoms with van der Waals surface area (Å²) >= 11 is 0. The molecule has 0 unspecified atom stereocenters. The van der Waals surface area contributed by atoms with E-state index < -0.39 is 0 Å². The zero-order chi connectivity index (χ0) is 23.0. The first-order chi connectivity index (χ1) is 17.1. The molecule has 8 aliphatic carbocycles. The fourth-order valence-corrected chi connectivity index (χ4v) is 11.4. The number of benzene rings is 1. The number of amidine groups is 2. The molecular formula is C32H43N3. The van der Waals surface area contributed by atoms with Crippen LogP contribution < -0.4 is 5.32 Å². The molecule has 0 radical (unpaired) electrons. The van der Waals surface area contributed by atoms with Gasteiger partial charge in [-0.3, -0.25) is 9.98 Å². The number of rotatable bonds is 6. The zero-order valence-electron chi connectivity index (χ0n) is 21.5. The Morgan fingerprint density at radius 1 is 0.571 bits per heavy atom. The molecule has 3 nitrogen and oxygen atoms in total. The fraction of sp³-hybridized carbons (Fsp3) is 0.750. The molecule has 186 valence electrons. The van der Waals surface area contributed by atoms with Gasteiger partial charge in [-0.25, -0.2) is 0 Å². The lowest BCUT2D eigenvalue weighted by Gasteiger charge is -2.57. The summed E-state index contributed by atoms with van der Waals surface area (Å²) in [5.41, 5.74) is 3.77. The quantitative estimate of drug-likeness (QED) is 0.479. The normalized spacial score (nSPS) is 46.5. The van der Waals surface area contributed by atoms with Gasteiger partial charge in [0.25, 0.3) is 0 Å². The van der Waals surface area contributed by atoms with Crippen LogP contribution in [0.3, 0.4) is 0 Å². The summed E-state index contributed by atoms with van der Waals surface area (Å²) in [4.78, 5) is 10.4. The summed E-state index contributed by atoms with van der Waals surface area (Å²) in [6, 6.07) is 8.81. The van der Waals surface area contributed by atoms with Crippen molar-refractivity contribution in [2.24, 2.45) is 56.3 Å². The van der Waals surface area contributed by atoms with Gasteiger partial charge in [-0.15, -0.1) is 0 Å². The maximum atomic E-state index is 5.18.